The van der Waals surface area contributed by atoms with Gasteiger partial charge < -0.3 is 14.7 Å². The lowest BCUT2D eigenvalue weighted by atomic mass is 9.56. The topological polar surface area (TPSA) is 9.72 Å². The molecule has 1 saturated carbocycles. The monoisotopic (exact) mass is 445 g/mol. The summed E-state index contributed by atoms with van der Waals surface area (Å²) in [5.41, 5.74) is 1.39. The second kappa shape index (κ2) is 10.2. The largest absolute Gasteiger partial charge is 0.301 e. The summed E-state index contributed by atoms with van der Waals surface area (Å²) in [5.74, 6) is 1.93. The summed E-state index contributed by atoms with van der Waals surface area (Å²) in [4.78, 5) is 8.37. The Hall–Kier alpha value is -0.120. The molecule has 3 heterocycles. The lowest BCUT2D eigenvalue weighted by molar-refractivity contribution is -0.0303. The quantitative estimate of drug-likeness (QED) is 0.435. The molecule has 0 radical (unpaired) electrons. The predicted octanol–water partition coefficient (Wildman–Crippen LogP) is 6.28. The van der Waals surface area contributed by atoms with Gasteiger partial charge >= 0.3 is 0 Å². The molecule has 4 rings (SSSR count). The third kappa shape index (κ3) is 5.74. The first-order chi connectivity index (χ1) is 15.2. The molecule has 186 valence electrons. The maximum atomic E-state index is 2.83. The summed E-state index contributed by atoms with van der Waals surface area (Å²) in [6, 6.07) is 2.26. The van der Waals surface area contributed by atoms with E-state index in [1.165, 1.54) is 103 Å². The van der Waals surface area contributed by atoms with Crippen LogP contribution in [0.2, 0.25) is 0 Å². The standard InChI is InChI=1S/C29H55N3/c1-23(2)19-27-20-29(21-27)12-16-31(17-13-29)26(6)8-7-25(5)30-14-9-28(10-15-30)11-18-32(22-28)24(3)4/h23-27H,7-22H2,1-6H3. The van der Waals surface area contributed by atoms with Crippen LogP contribution < -0.4 is 0 Å². The van der Waals surface area contributed by atoms with Gasteiger partial charge in [-0.3, -0.25) is 0 Å². The van der Waals surface area contributed by atoms with Crippen LogP contribution in [0.15, 0.2) is 0 Å². The van der Waals surface area contributed by atoms with Crippen LogP contribution in [-0.4, -0.2) is 72.1 Å². The molecule has 3 aliphatic heterocycles. The number of nitrogens with zero attached hydrogens (tertiary/aromatic N) is 3. The Labute approximate surface area is 200 Å². The number of likely N-dealkylation sites (tertiary alicyclic amines) is 3. The number of rotatable bonds is 8. The van der Waals surface area contributed by atoms with Crippen LogP contribution in [0.25, 0.3) is 0 Å². The van der Waals surface area contributed by atoms with Gasteiger partial charge in [-0.2, -0.15) is 0 Å². The maximum Gasteiger partial charge on any atom is 0.00675 e. The van der Waals surface area contributed by atoms with Crippen molar-refractivity contribution in [1.82, 2.24) is 14.7 Å². The van der Waals surface area contributed by atoms with Crippen LogP contribution in [0, 0.1) is 22.7 Å². The Morgan fingerprint density at radius 2 is 1.06 bits per heavy atom. The van der Waals surface area contributed by atoms with Gasteiger partial charge in [0.25, 0.3) is 0 Å². The van der Waals surface area contributed by atoms with Crippen molar-refractivity contribution < 1.29 is 0 Å². The molecule has 3 nitrogen and oxygen atoms in total. The summed E-state index contributed by atoms with van der Waals surface area (Å²) in [6.07, 6.45) is 14.6. The molecule has 4 aliphatic rings. The minimum Gasteiger partial charge on any atom is -0.301 e. The summed E-state index contributed by atoms with van der Waals surface area (Å²) < 4.78 is 0. The molecule has 0 amide bonds. The average molecular weight is 446 g/mol. The van der Waals surface area contributed by atoms with E-state index >= 15 is 0 Å². The van der Waals surface area contributed by atoms with Crippen molar-refractivity contribution in [3.8, 4) is 0 Å². The minimum atomic E-state index is 0.646. The smallest absolute Gasteiger partial charge is 0.00675 e. The second-order valence-electron chi connectivity index (χ2n) is 13.6. The zero-order chi connectivity index (χ0) is 22.9. The lowest BCUT2D eigenvalue weighted by Crippen LogP contribution is -2.50. The van der Waals surface area contributed by atoms with E-state index in [2.05, 4.69) is 56.2 Å². The fraction of sp³-hybridized carbons (Fsp3) is 1.00. The molecule has 0 bridgehead atoms. The molecule has 3 heteroatoms. The highest BCUT2D eigenvalue weighted by molar-refractivity contribution is 4.98. The van der Waals surface area contributed by atoms with Crippen molar-refractivity contribution in [2.75, 3.05) is 39.3 Å². The Morgan fingerprint density at radius 1 is 0.625 bits per heavy atom. The minimum absolute atomic E-state index is 0.646. The first-order valence-electron chi connectivity index (χ1n) is 14.4. The van der Waals surface area contributed by atoms with Crippen molar-refractivity contribution in [3.63, 3.8) is 0 Å². The van der Waals surface area contributed by atoms with Gasteiger partial charge in [0.1, 0.15) is 0 Å². The van der Waals surface area contributed by atoms with Gasteiger partial charge in [0.05, 0.1) is 0 Å². The number of hydrogen-bond donors (Lipinski definition) is 0. The van der Waals surface area contributed by atoms with E-state index in [0.29, 0.717) is 5.41 Å². The number of piperidine rings is 2. The molecule has 2 spiro atoms. The van der Waals surface area contributed by atoms with Crippen LogP contribution in [-0.2, 0) is 0 Å². The van der Waals surface area contributed by atoms with E-state index in [1.807, 2.05) is 0 Å². The molecule has 1 aliphatic carbocycles. The van der Waals surface area contributed by atoms with Crippen LogP contribution in [0.5, 0.6) is 0 Å². The highest BCUT2D eigenvalue weighted by Crippen LogP contribution is 2.54. The van der Waals surface area contributed by atoms with Gasteiger partial charge in [-0.1, -0.05) is 13.8 Å². The predicted molar refractivity (Wildman–Crippen MR) is 138 cm³/mol. The molecular weight excluding hydrogens is 390 g/mol. The van der Waals surface area contributed by atoms with E-state index in [9.17, 15) is 0 Å². The van der Waals surface area contributed by atoms with Gasteiger partial charge in [0.2, 0.25) is 0 Å². The highest BCUT2D eigenvalue weighted by atomic mass is 15.2. The fourth-order valence-corrected chi connectivity index (χ4v) is 7.95. The lowest BCUT2D eigenvalue weighted by Gasteiger charge is -2.53. The normalized spacial score (nSPS) is 29.2. The first kappa shape index (κ1) is 25.0. The summed E-state index contributed by atoms with van der Waals surface area (Å²) in [5, 5.41) is 0. The average Bonchev–Trinajstić information content (AvgIpc) is 3.15. The Kier molecular flexibility index (Phi) is 8.00. The summed E-state index contributed by atoms with van der Waals surface area (Å²) >= 11 is 0. The Morgan fingerprint density at radius 3 is 1.47 bits per heavy atom. The molecule has 3 saturated heterocycles. The molecule has 2 atom stereocenters. The molecule has 0 aromatic rings. The van der Waals surface area contributed by atoms with E-state index in [-0.39, 0.29) is 0 Å². The van der Waals surface area contributed by atoms with Crippen LogP contribution in [0.3, 0.4) is 0 Å². The van der Waals surface area contributed by atoms with E-state index in [0.717, 1.165) is 35.4 Å². The molecule has 32 heavy (non-hydrogen) atoms. The molecular formula is C29H55N3. The van der Waals surface area contributed by atoms with Gasteiger partial charge in [-0.15, -0.1) is 0 Å². The van der Waals surface area contributed by atoms with Crippen molar-refractivity contribution in [1.29, 1.82) is 0 Å². The SMILES string of the molecule is CC(C)CC1CC2(CCN(C(C)CCC(C)N3CCC4(CCN(C(C)C)C4)CC3)CC2)C1. The molecule has 2 unspecified atom stereocenters. The van der Waals surface area contributed by atoms with Crippen molar-refractivity contribution in [2.45, 2.75) is 124 Å². The van der Waals surface area contributed by atoms with E-state index in [1.54, 1.807) is 0 Å². The molecule has 0 aromatic carbocycles. The van der Waals surface area contributed by atoms with Crippen molar-refractivity contribution in [2.24, 2.45) is 22.7 Å². The van der Waals surface area contributed by atoms with Gasteiger partial charge in [-0.25, -0.2) is 0 Å². The first-order valence-corrected chi connectivity index (χ1v) is 14.4. The van der Waals surface area contributed by atoms with E-state index in [4.69, 9.17) is 0 Å². The fourth-order valence-electron chi connectivity index (χ4n) is 7.95. The van der Waals surface area contributed by atoms with Crippen molar-refractivity contribution >= 4 is 0 Å². The molecule has 0 N–H and O–H groups in total. The van der Waals surface area contributed by atoms with E-state index < -0.39 is 0 Å². The Balaban J connectivity index is 1.13. The zero-order valence-electron chi connectivity index (χ0n) is 22.5. The number of hydrogen-bond acceptors (Lipinski definition) is 3. The van der Waals surface area contributed by atoms with Gasteiger partial charge in [0, 0.05) is 24.7 Å². The second-order valence-corrected chi connectivity index (χ2v) is 13.6. The maximum absolute atomic E-state index is 2.83. The van der Waals surface area contributed by atoms with Crippen LogP contribution in [0.1, 0.15) is 106 Å². The Bertz CT molecular complexity index is 575. The van der Waals surface area contributed by atoms with Gasteiger partial charge in [0.15, 0.2) is 0 Å². The third-order valence-electron chi connectivity index (χ3n) is 10.4. The molecule has 0 aromatic heterocycles. The zero-order valence-corrected chi connectivity index (χ0v) is 22.5. The third-order valence-corrected chi connectivity index (χ3v) is 10.4. The van der Waals surface area contributed by atoms with Crippen LogP contribution in [0.4, 0.5) is 0 Å². The van der Waals surface area contributed by atoms with Crippen LogP contribution >= 0.6 is 0 Å². The highest BCUT2D eigenvalue weighted by Gasteiger charge is 2.46. The van der Waals surface area contributed by atoms with Crippen molar-refractivity contribution in [3.05, 3.63) is 0 Å². The molecule has 4 fully saturated rings. The summed E-state index contributed by atoms with van der Waals surface area (Å²) in [7, 11) is 0. The summed E-state index contributed by atoms with van der Waals surface area (Å²) in [6.45, 7) is 22.6. The van der Waals surface area contributed by atoms with Gasteiger partial charge in [-0.05, 0) is 147 Å².